The first-order valence-corrected chi connectivity index (χ1v) is 7.84. The van der Waals surface area contributed by atoms with Gasteiger partial charge in [0.05, 0.1) is 12.5 Å². The third-order valence-corrected chi connectivity index (χ3v) is 4.53. The third-order valence-electron chi connectivity index (χ3n) is 3.65. The van der Waals surface area contributed by atoms with Gasteiger partial charge in [0.2, 0.25) is 0 Å². The third kappa shape index (κ3) is 4.23. The first kappa shape index (κ1) is 14.8. The summed E-state index contributed by atoms with van der Waals surface area (Å²) in [5, 5.41) is 16.8. The van der Waals surface area contributed by atoms with Crippen LogP contribution in [0, 0.1) is 5.92 Å². The average molecular weight is 296 g/mol. The monoisotopic (exact) mass is 296 g/mol. The second-order valence-electron chi connectivity index (χ2n) is 5.10. The molecule has 6 heteroatoms. The van der Waals surface area contributed by atoms with E-state index in [9.17, 15) is 14.7 Å². The molecule has 1 heterocycles. The molecule has 2 atom stereocenters. The molecule has 0 aromatic carbocycles. The summed E-state index contributed by atoms with van der Waals surface area (Å²) in [6, 6.07) is 3.34. The molecule has 1 aliphatic rings. The van der Waals surface area contributed by atoms with Crippen molar-refractivity contribution in [2.24, 2.45) is 5.92 Å². The standard InChI is InChI=1S/C14H20N2O3S/c17-13(18)11-6-2-1-3-7-12(11)16-14(19)15-9-10-5-4-8-20-10/h4-5,8,11-12H,1-3,6-7,9H2,(H,17,18)(H2,15,16,19). The van der Waals surface area contributed by atoms with Crippen LogP contribution in [0.3, 0.4) is 0 Å². The SMILES string of the molecule is O=C(NCc1cccs1)NC1CCCCCC1C(=O)O. The number of nitrogens with one attached hydrogen (secondary N) is 2. The van der Waals surface area contributed by atoms with E-state index in [1.807, 2.05) is 17.5 Å². The van der Waals surface area contributed by atoms with Crippen molar-refractivity contribution in [1.29, 1.82) is 0 Å². The first-order valence-electron chi connectivity index (χ1n) is 6.96. The van der Waals surface area contributed by atoms with Crippen molar-refractivity contribution in [3.63, 3.8) is 0 Å². The Morgan fingerprint density at radius 3 is 2.80 bits per heavy atom. The normalized spacial score (nSPS) is 22.8. The van der Waals surface area contributed by atoms with Crippen LogP contribution < -0.4 is 10.6 Å². The lowest BCUT2D eigenvalue weighted by Crippen LogP contribution is -2.46. The minimum atomic E-state index is -0.810. The minimum absolute atomic E-state index is 0.265. The number of hydrogen-bond donors (Lipinski definition) is 3. The van der Waals surface area contributed by atoms with E-state index >= 15 is 0 Å². The van der Waals surface area contributed by atoms with Crippen molar-refractivity contribution in [3.05, 3.63) is 22.4 Å². The van der Waals surface area contributed by atoms with Crippen LogP contribution in [-0.2, 0) is 11.3 Å². The number of carbonyl (C=O) groups is 2. The molecule has 110 valence electrons. The Morgan fingerprint density at radius 1 is 1.30 bits per heavy atom. The highest BCUT2D eigenvalue weighted by Gasteiger charge is 2.30. The van der Waals surface area contributed by atoms with Crippen molar-refractivity contribution < 1.29 is 14.7 Å². The molecular formula is C14H20N2O3S. The second-order valence-corrected chi connectivity index (χ2v) is 6.13. The van der Waals surface area contributed by atoms with Gasteiger partial charge in [-0.1, -0.05) is 25.3 Å². The van der Waals surface area contributed by atoms with Gasteiger partial charge in [0, 0.05) is 10.9 Å². The molecule has 1 aromatic rings. The largest absolute Gasteiger partial charge is 0.481 e. The van der Waals surface area contributed by atoms with Crippen LogP contribution in [0.5, 0.6) is 0 Å². The molecular weight excluding hydrogens is 276 g/mol. The van der Waals surface area contributed by atoms with E-state index in [-0.39, 0.29) is 12.1 Å². The molecule has 20 heavy (non-hydrogen) atoms. The lowest BCUT2D eigenvalue weighted by molar-refractivity contribution is -0.142. The quantitative estimate of drug-likeness (QED) is 0.747. The molecule has 0 spiro atoms. The van der Waals surface area contributed by atoms with Gasteiger partial charge < -0.3 is 15.7 Å². The van der Waals surface area contributed by atoms with E-state index in [2.05, 4.69) is 10.6 Å². The number of urea groups is 1. The Hall–Kier alpha value is -1.56. The van der Waals surface area contributed by atoms with Gasteiger partial charge in [-0.05, 0) is 24.3 Å². The number of amides is 2. The molecule has 1 aliphatic carbocycles. The van der Waals surface area contributed by atoms with Crippen molar-refractivity contribution in [2.75, 3.05) is 0 Å². The Bertz CT molecular complexity index is 447. The minimum Gasteiger partial charge on any atom is -0.481 e. The van der Waals surface area contributed by atoms with Crippen molar-refractivity contribution in [3.8, 4) is 0 Å². The molecule has 2 unspecified atom stereocenters. The van der Waals surface area contributed by atoms with Gasteiger partial charge in [0.1, 0.15) is 0 Å². The van der Waals surface area contributed by atoms with Crippen LogP contribution in [0.2, 0.25) is 0 Å². The van der Waals surface area contributed by atoms with E-state index in [1.54, 1.807) is 11.3 Å². The average Bonchev–Trinajstić information content (AvgIpc) is 2.82. The van der Waals surface area contributed by atoms with Gasteiger partial charge in [-0.3, -0.25) is 4.79 Å². The van der Waals surface area contributed by atoms with Gasteiger partial charge >= 0.3 is 12.0 Å². The number of carboxylic acid groups (broad SMARTS) is 1. The summed E-state index contributed by atoms with van der Waals surface area (Å²) in [5.41, 5.74) is 0. The Labute approximate surface area is 122 Å². The number of carboxylic acids is 1. The van der Waals surface area contributed by atoms with Gasteiger partial charge in [-0.15, -0.1) is 11.3 Å². The highest BCUT2D eigenvalue weighted by Crippen LogP contribution is 2.23. The van der Waals surface area contributed by atoms with E-state index in [1.165, 1.54) is 0 Å². The molecule has 1 aromatic heterocycles. The summed E-state index contributed by atoms with van der Waals surface area (Å²) in [5.74, 6) is -1.28. The van der Waals surface area contributed by atoms with Gasteiger partial charge in [0.25, 0.3) is 0 Å². The maximum atomic E-state index is 11.9. The summed E-state index contributed by atoms with van der Waals surface area (Å²) >= 11 is 1.58. The van der Waals surface area contributed by atoms with Crippen LogP contribution >= 0.6 is 11.3 Å². The first-order chi connectivity index (χ1) is 9.66. The summed E-state index contributed by atoms with van der Waals surface area (Å²) in [4.78, 5) is 24.2. The predicted molar refractivity (Wildman–Crippen MR) is 77.7 cm³/mol. The Balaban J connectivity index is 1.85. The fraction of sp³-hybridized carbons (Fsp3) is 0.571. The molecule has 0 bridgehead atoms. The number of thiophene rings is 1. The van der Waals surface area contributed by atoms with Crippen LogP contribution in [0.25, 0.3) is 0 Å². The number of aliphatic carboxylic acids is 1. The lowest BCUT2D eigenvalue weighted by atomic mass is 9.95. The summed E-state index contributed by atoms with van der Waals surface area (Å²) in [7, 11) is 0. The smallest absolute Gasteiger partial charge is 0.315 e. The topological polar surface area (TPSA) is 78.4 Å². The fourth-order valence-corrected chi connectivity index (χ4v) is 3.22. The maximum absolute atomic E-state index is 11.9. The molecule has 3 N–H and O–H groups in total. The summed E-state index contributed by atoms with van der Waals surface area (Å²) in [6.45, 7) is 0.480. The number of rotatable bonds is 4. The van der Waals surface area contributed by atoms with E-state index in [0.29, 0.717) is 13.0 Å². The van der Waals surface area contributed by atoms with E-state index in [4.69, 9.17) is 0 Å². The van der Waals surface area contributed by atoms with Gasteiger partial charge in [-0.2, -0.15) is 0 Å². The maximum Gasteiger partial charge on any atom is 0.315 e. The summed E-state index contributed by atoms with van der Waals surface area (Å²) in [6.07, 6.45) is 4.32. The van der Waals surface area contributed by atoms with Crippen LogP contribution in [-0.4, -0.2) is 23.1 Å². The van der Waals surface area contributed by atoms with Crippen LogP contribution in [0.1, 0.15) is 37.0 Å². The Morgan fingerprint density at radius 2 is 2.10 bits per heavy atom. The molecule has 0 radical (unpaired) electrons. The summed E-state index contributed by atoms with van der Waals surface area (Å²) < 4.78 is 0. The highest BCUT2D eigenvalue weighted by atomic mass is 32.1. The molecule has 2 amide bonds. The zero-order valence-electron chi connectivity index (χ0n) is 11.3. The predicted octanol–water partition coefficient (Wildman–Crippen LogP) is 2.58. The van der Waals surface area contributed by atoms with E-state index < -0.39 is 11.9 Å². The highest BCUT2D eigenvalue weighted by molar-refractivity contribution is 7.09. The lowest BCUT2D eigenvalue weighted by Gasteiger charge is -2.22. The molecule has 0 aliphatic heterocycles. The Kier molecular flexibility index (Phi) is 5.40. The second kappa shape index (κ2) is 7.28. The fourth-order valence-electron chi connectivity index (χ4n) is 2.58. The van der Waals surface area contributed by atoms with E-state index in [0.717, 1.165) is 30.6 Å². The number of hydrogen-bond acceptors (Lipinski definition) is 3. The molecule has 2 rings (SSSR count). The van der Waals surface area contributed by atoms with Crippen LogP contribution in [0.4, 0.5) is 4.79 Å². The zero-order valence-corrected chi connectivity index (χ0v) is 12.1. The van der Waals surface area contributed by atoms with Crippen molar-refractivity contribution in [1.82, 2.24) is 10.6 Å². The molecule has 5 nitrogen and oxygen atoms in total. The van der Waals surface area contributed by atoms with Crippen molar-refractivity contribution >= 4 is 23.3 Å². The zero-order chi connectivity index (χ0) is 14.4. The van der Waals surface area contributed by atoms with Gasteiger partial charge in [0.15, 0.2) is 0 Å². The molecule has 1 fully saturated rings. The molecule has 0 saturated heterocycles. The molecule has 1 saturated carbocycles. The van der Waals surface area contributed by atoms with Gasteiger partial charge in [-0.25, -0.2) is 4.79 Å². The van der Waals surface area contributed by atoms with Crippen LogP contribution in [0.15, 0.2) is 17.5 Å². The number of carbonyl (C=O) groups excluding carboxylic acids is 1. The van der Waals surface area contributed by atoms with Crippen molar-refractivity contribution in [2.45, 2.75) is 44.7 Å².